The Morgan fingerprint density at radius 1 is 1.19 bits per heavy atom. The van der Waals surface area contributed by atoms with Crippen molar-refractivity contribution in [3.8, 4) is 0 Å². The molecule has 1 atom stereocenters. The average Bonchev–Trinajstić information content (AvgIpc) is 2.99. The minimum atomic E-state index is 0.185. The molecule has 1 aromatic rings. The molecule has 2 nitrogen and oxygen atoms in total. The molecule has 0 spiro atoms. The fourth-order valence-corrected chi connectivity index (χ4v) is 3.78. The van der Waals surface area contributed by atoms with E-state index in [1.165, 1.54) is 37.8 Å². The summed E-state index contributed by atoms with van der Waals surface area (Å²) in [7, 11) is 2.30. The predicted octanol–water partition coefficient (Wildman–Crippen LogP) is 3.68. The van der Waals surface area contributed by atoms with Gasteiger partial charge in [-0.1, -0.05) is 57.0 Å². The summed E-state index contributed by atoms with van der Waals surface area (Å²) >= 11 is 0. The molecular formula is C19H32N2. The van der Waals surface area contributed by atoms with Gasteiger partial charge >= 0.3 is 0 Å². The summed E-state index contributed by atoms with van der Waals surface area (Å²) in [5.74, 6) is 0.925. The maximum absolute atomic E-state index is 3.56. The van der Waals surface area contributed by atoms with Crippen molar-refractivity contribution in [3.63, 3.8) is 0 Å². The summed E-state index contributed by atoms with van der Waals surface area (Å²) in [6.45, 7) is 9.05. The summed E-state index contributed by atoms with van der Waals surface area (Å²) < 4.78 is 0. The highest BCUT2D eigenvalue weighted by molar-refractivity contribution is 5.25. The summed E-state index contributed by atoms with van der Waals surface area (Å²) in [4.78, 5) is 2.56. The Morgan fingerprint density at radius 2 is 1.86 bits per heavy atom. The second-order valence-corrected chi connectivity index (χ2v) is 7.05. The third kappa shape index (κ3) is 4.82. The zero-order valence-corrected chi connectivity index (χ0v) is 14.1. The molecule has 0 aliphatic heterocycles. The minimum Gasteiger partial charge on any atom is -0.316 e. The van der Waals surface area contributed by atoms with E-state index in [0.29, 0.717) is 0 Å². The van der Waals surface area contributed by atoms with Crippen molar-refractivity contribution in [2.45, 2.75) is 44.9 Å². The molecule has 0 bridgehead atoms. The first-order valence-corrected chi connectivity index (χ1v) is 8.59. The molecule has 1 unspecified atom stereocenters. The lowest BCUT2D eigenvalue weighted by Crippen LogP contribution is -2.45. The van der Waals surface area contributed by atoms with Gasteiger partial charge in [0.1, 0.15) is 0 Å². The zero-order chi connectivity index (χ0) is 15.1. The topological polar surface area (TPSA) is 15.3 Å². The van der Waals surface area contributed by atoms with Gasteiger partial charge in [0.25, 0.3) is 0 Å². The number of likely N-dealkylation sites (N-methyl/N-ethyl adjacent to an activating group) is 2. The predicted molar refractivity (Wildman–Crippen MR) is 91.8 cm³/mol. The van der Waals surface area contributed by atoms with E-state index in [9.17, 15) is 0 Å². The normalized spacial score (nSPS) is 19.0. The number of hydrogen-bond acceptors (Lipinski definition) is 2. The molecule has 1 fully saturated rings. The van der Waals surface area contributed by atoms with E-state index in [2.05, 4.69) is 61.4 Å². The maximum Gasteiger partial charge on any atom is 0.0176 e. The van der Waals surface area contributed by atoms with Gasteiger partial charge in [-0.05, 0) is 37.9 Å². The van der Waals surface area contributed by atoms with Crippen molar-refractivity contribution < 1.29 is 0 Å². The SMILES string of the molecule is CCNCC(C)(CN(C)CC1CCCC1)c1ccccc1. The van der Waals surface area contributed by atoms with Crippen molar-refractivity contribution in [2.75, 3.05) is 33.2 Å². The summed E-state index contributed by atoms with van der Waals surface area (Å²) in [5, 5.41) is 3.56. The van der Waals surface area contributed by atoms with Crippen molar-refractivity contribution in [1.29, 1.82) is 0 Å². The van der Waals surface area contributed by atoms with Gasteiger partial charge in [-0.15, -0.1) is 0 Å². The number of rotatable bonds is 8. The first-order valence-electron chi connectivity index (χ1n) is 8.59. The molecule has 0 aromatic heterocycles. The van der Waals surface area contributed by atoms with Crippen LogP contribution < -0.4 is 5.32 Å². The molecular weight excluding hydrogens is 256 g/mol. The first kappa shape index (κ1) is 16.5. The Labute approximate surface area is 130 Å². The van der Waals surface area contributed by atoms with E-state index >= 15 is 0 Å². The number of benzene rings is 1. The summed E-state index contributed by atoms with van der Waals surface area (Å²) in [6, 6.07) is 11.0. The molecule has 2 rings (SSSR count). The van der Waals surface area contributed by atoms with E-state index in [1.807, 2.05) is 0 Å². The lowest BCUT2D eigenvalue weighted by molar-refractivity contribution is 0.219. The second kappa shape index (κ2) is 7.95. The monoisotopic (exact) mass is 288 g/mol. The third-order valence-corrected chi connectivity index (χ3v) is 4.90. The van der Waals surface area contributed by atoms with Crippen molar-refractivity contribution >= 4 is 0 Å². The third-order valence-electron chi connectivity index (χ3n) is 4.90. The molecule has 21 heavy (non-hydrogen) atoms. The van der Waals surface area contributed by atoms with Crippen LogP contribution in [0.1, 0.15) is 45.1 Å². The van der Waals surface area contributed by atoms with Gasteiger partial charge in [-0.3, -0.25) is 0 Å². The van der Waals surface area contributed by atoms with Crippen LogP contribution in [0.2, 0.25) is 0 Å². The van der Waals surface area contributed by atoms with E-state index in [-0.39, 0.29) is 5.41 Å². The molecule has 1 aromatic carbocycles. The molecule has 0 saturated heterocycles. The second-order valence-electron chi connectivity index (χ2n) is 7.05. The number of nitrogens with one attached hydrogen (secondary N) is 1. The average molecular weight is 288 g/mol. The highest BCUT2D eigenvalue weighted by Gasteiger charge is 2.28. The van der Waals surface area contributed by atoms with Crippen LogP contribution in [0, 0.1) is 5.92 Å². The Hall–Kier alpha value is -0.860. The molecule has 1 saturated carbocycles. The van der Waals surface area contributed by atoms with Crippen LogP contribution >= 0.6 is 0 Å². The lowest BCUT2D eigenvalue weighted by Gasteiger charge is -2.35. The summed E-state index contributed by atoms with van der Waals surface area (Å²) in [6.07, 6.45) is 5.73. The smallest absolute Gasteiger partial charge is 0.0176 e. The van der Waals surface area contributed by atoms with E-state index < -0.39 is 0 Å². The van der Waals surface area contributed by atoms with Gasteiger partial charge < -0.3 is 10.2 Å². The van der Waals surface area contributed by atoms with E-state index in [1.54, 1.807) is 0 Å². The van der Waals surface area contributed by atoms with Crippen LogP contribution in [0.15, 0.2) is 30.3 Å². The van der Waals surface area contributed by atoms with Gasteiger partial charge in [0.2, 0.25) is 0 Å². The number of hydrogen-bond donors (Lipinski definition) is 1. The Morgan fingerprint density at radius 3 is 2.48 bits per heavy atom. The largest absolute Gasteiger partial charge is 0.316 e. The van der Waals surface area contributed by atoms with Gasteiger partial charge in [0.15, 0.2) is 0 Å². The minimum absolute atomic E-state index is 0.185. The number of nitrogens with zero attached hydrogens (tertiary/aromatic N) is 1. The van der Waals surface area contributed by atoms with Crippen molar-refractivity contribution in [2.24, 2.45) is 5.92 Å². The maximum atomic E-state index is 3.56. The quantitative estimate of drug-likeness (QED) is 0.785. The van der Waals surface area contributed by atoms with E-state index in [0.717, 1.165) is 25.6 Å². The Kier molecular flexibility index (Phi) is 6.25. The standard InChI is InChI=1S/C19H32N2/c1-4-20-15-19(2,18-12-6-5-7-13-18)16-21(3)14-17-10-8-9-11-17/h5-7,12-13,17,20H,4,8-11,14-16H2,1-3H3. The van der Waals surface area contributed by atoms with E-state index in [4.69, 9.17) is 0 Å². The van der Waals surface area contributed by atoms with Crippen molar-refractivity contribution in [1.82, 2.24) is 10.2 Å². The fraction of sp³-hybridized carbons (Fsp3) is 0.684. The highest BCUT2D eigenvalue weighted by atomic mass is 15.1. The van der Waals surface area contributed by atoms with Crippen LogP contribution in [0.5, 0.6) is 0 Å². The molecule has 0 radical (unpaired) electrons. The first-order chi connectivity index (χ1) is 10.1. The highest BCUT2D eigenvalue weighted by Crippen LogP contribution is 2.28. The molecule has 1 aliphatic rings. The lowest BCUT2D eigenvalue weighted by atomic mass is 9.81. The fourth-order valence-electron chi connectivity index (χ4n) is 3.78. The molecule has 2 heteroatoms. The van der Waals surface area contributed by atoms with Gasteiger partial charge in [0.05, 0.1) is 0 Å². The zero-order valence-electron chi connectivity index (χ0n) is 14.1. The van der Waals surface area contributed by atoms with Gasteiger partial charge in [-0.25, -0.2) is 0 Å². The van der Waals surface area contributed by atoms with Crippen LogP contribution in [-0.4, -0.2) is 38.1 Å². The van der Waals surface area contributed by atoms with Gasteiger partial charge in [0, 0.05) is 25.0 Å². The summed E-state index contributed by atoms with van der Waals surface area (Å²) in [5.41, 5.74) is 1.63. The van der Waals surface area contributed by atoms with Crippen LogP contribution in [0.25, 0.3) is 0 Å². The molecule has 0 heterocycles. The van der Waals surface area contributed by atoms with Crippen LogP contribution in [0.4, 0.5) is 0 Å². The molecule has 0 amide bonds. The van der Waals surface area contributed by atoms with Crippen LogP contribution in [-0.2, 0) is 5.41 Å². The molecule has 1 N–H and O–H groups in total. The van der Waals surface area contributed by atoms with Gasteiger partial charge in [-0.2, -0.15) is 0 Å². The van der Waals surface area contributed by atoms with Crippen molar-refractivity contribution in [3.05, 3.63) is 35.9 Å². The molecule has 1 aliphatic carbocycles. The Balaban J connectivity index is 2.01. The molecule has 118 valence electrons. The van der Waals surface area contributed by atoms with Crippen LogP contribution in [0.3, 0.4) is 0 Å². The Bertz CT molecular complexity index is 397.